The van der Waals surface area contributed by atoms with Gasteiger partial charge in [-0.3, -0.25) is 9.59 Å². The maximum absolute atomic E-state index is 11.9. The largest absolute Gasteiger partial charge is 0.481 e. The number of hydrogen-bond acceptors (Lipinski definition) is 5. The third kappa shape index (κ3) is 6.94. The topological polar surface area (TPSA) is 93.6 Å². The second-order valence-corrected chi connectivity index (χ2v) is 14.1. The van der Waals surface area contributed by atoms with E-state index in [1.165, 1.54) is 22.1 Å². The van der Waals surface area contributed by atoms with Gasteiger partial charge in [-0.15, -0.1) is 0 Å². The molecule has 0 bridgehead atoms. The van der Waals surface area contributed by atoms with Crippen molar-refractivity contribution in [2.24, 2.45) is 0 Å². The number of carbonyl (C=O) groups excluding carboxylic acids is 1. The van der Waals surface area contributed by atoms with Gasteiger partial charge >= 0.3 is 5.97 Å². The minimum atomic E-state index is -0.852. The van der Waals surface area contributed by atoms with Gasteiger partial charge in [0.2, 0.25) is 5.69 Å². The fourth-order valence-corrected chi connectivity index (χ4v) is 8.23. The Morgan fingerprint density at radius 2 is 1.75 bits per heavy atom. The Bertz CT molecular complexity index is 2140. The van der Waals surface area contributed by atoms with Crippen molar-refractivity contribution < 1.29 is 24.0 Å². The molecule has 0 fully saturated rings. The third-order valence-electron chi connectivity index (χ3n) is 10.6. The van der Waals surface area contributed by atoms with Crippen LogP contribution in [-0.2, 0) is 31.6 Å². The number of anilines is 1. The lowest BCUT2D eigenvalue weighted by Gasteiger charge is -2.34. The zero-order valence-electron chi connectivity index (χ0n) is 30.2. The van der Waals surface area contributed by atoms with Crippen LogP contribution in [0.1, 0.15) is 63.1 Å². The molecule has 0 aliphatic carbocycles. The van der Waals surface area contributed by atoms with E-state index in [0.29, 0.717) is 25.1 Å². The molecule has 7 nitrogen and oxygen atoms in total. The normalized spacial score (nSPS) is 18.5. The van der Waals surface area contributed by atoms with Gasteiger partial charge in [0, 0.05) is 41.1 Å². The van der Waals surface area contributed by atoms with Crippen LogP contribution in [0.2, 0.25) is 0 Å². The second kappa shape index (κ2) is 15.7. The molecule has 7 heteroatoms. The van der Waals surface area contributed by atoms with Crippen LogP contribution in [0, 0.1) is 11.3 Å². The van der Waals surface area contributed by atoms with Gasteiger partial charge in [0.15, 0.2) is 12.3 Å². The number of benzene rings is 4. The van der Waals surface area contributed by atoms with Gasteiger partial charge in [-0.1, -0.05) is 92.6 Å². The quantitative estimate of drug-likeness (QED) is 0.0440. The molecule has 2 heterocycles. The average Bonchev–Trinajstić information content (AvgIpc) is 3.54. The molecule has 1 N–H and O–H groups in total. The van der Waals surface area contributed by atoms with Crippen LogP contribution in [-0.4, -0.2) is 47.5 Å². The summed E-state index contributed by atoms with van der Waals surface area (Å²) in [7, 11) is 0. The number of carboxylic acid groups (broad SMARTS) is 1. The predicted molar refractivity (Wildman–Crippen MR) is 207 cm³/mol. The molecule has 52 heavy (non-hydrogen) atoms. The Labute approximate surface area is 306 Å². The molecule has 4 aromatic rings. The molecule has 1 atom stereocenters. The highest BCUT2D eigenvalue weighted by molar-refractivity contribution is 6.07. The molecule has 264 valence electrons. The summed E-state index contributed by atoms with van der Waals surface area (Å²) >= 11 is 0. The van der Waals surface area contributed by atoms with Crippen LogP contribution in [0.4, 0.5) is 11.4 Å². The van der Waals surface area contributed by atoms with E-state index >= 15 is 0 Å². The smallest absolute Gasteiger partial charge is 0.305 e. The fraction of sp³-hybridized carbons (Fsp3) is 0.289. The summed E-state index contributed by atoms with van der Waals surface area (Å²) in [6, 6.07) is 33.8. The van der Waals surface area contributed by atoms with Crippen LogP contribution in [0.25, 0.3) is 10.8 Å². The van der Waals surface area contributed by atoms with Gasteiger partial charge in [-0.25, -0.2) is 0 Å². The molecule has 4 aromatic carbocycles. The number of allylic oxidation sites excluding steroid dienone is 6. The Kier molecular flexibility index (Phi) is 10.9. The highest BCUT2D eigenvalue weighted by Gasteiger charge is 2.47. The van der Waals surface area contributed by atoms with Crippen molar-refractivity contribution in [3.05, 3.63) is 143 Å². The van der Waals surface area contributed by atoms with Gasteiger partial charge in [0.05, 0.1) is 23.5 Å². The minimum Gasteiger partial charge on any atom is -0.481 e. The van der Waals surface area contributed by atoms with E-state index in [9.17, 15) is 20.0 Å². The number of ether oxygens (including phenoxy) is 1. The van der Waals surface area contributed by atoms with E-state index in [0.717, 1.165) is 53.9 Å². The monoisotopic (exact) mass is 692 g/mol. The van der Waals surface area contributed by atoms with E-state index in [1.807, 2.05) is 42.5 Å². The Balaban J connectivity index is 1.46. The lowest BCUT2D eigenvalue weighted by molar-refractivity contribution is -0.440. The summed E-state index contributed by atoms with van der Waals surface area (Å²) in [6.07, 6.45) is 11.4. The number of nitrogens with zero attached hydrogens (tertiary/aromatic N) is 3. The molecule has 0 saturated heterocycles. The zero-order valence-corrected chi connectivity index (χ0v) is 30.2. The van der Waals surface area contributed by atoms with Gasteiger partial charge in [-0.05, 0) is 78.9 Å². The second-order valence-electron chi connectivity index (χ2n) is 14.1. The van der Waals surface area contributed by atoms with Crippen molar-refractivity contribution >= 4 is 40.3 Å². The third-order valence-corrected chi connectivity index (χ3v) is 10.6. The SMILES string of the molecule is CCCCC1(Cc2ccccc2)C(=CC=C(C#N)C=CC2=[N+](CCOC=O)c3ccc4ccccc4c3C2(C)C)N(CCC(=O)O)c2ccccc21. The van der Waals surface area contributed by atoms with Crippen molar-refractivity contribution in [1.82, 2.24) is 0 Å². The molecule has 0 spiro atoms. The summed E-state index contributed by atoms with van der Waals surface area (Å²) < 4.78 is 7.33. The standard InChI is InChI=1S/C45H45N3O4/c1-4-5-26-45(30-33-13-7-6-8-14-33)37-17-11-12-18-38(37)47(27-25-42(50)51)41(45)24-20-34(31-46)19-23-40-44(2,3)43-36-16-10-9-15-35(36)21-22-39(43)48(40)28-29-52-32-49/h6-24,32H,4-5,25-30H2,1-3H3/p+1. The first-order valence-electron chi connectivity index (χ1n) is 18.1. The van der Waals surface area contributed by atoms with Gasteiger partial charge < -0.3 is 14.7 Å². The number of nitriles is 1. The fourth-order valence-electron chi connectivity index (χ4n) is 8.23. The van der Waals surface area contributed by atoms with Gasteiger partial charge in [0.25, 0.3) is 6.47 Å². The number of para-hydroxylation sites is 1. The highest BCUT2D eigenvalue weighted by atomic mass is 16.5. The van der Waals surface area contributed by atoms with Gasteiger partial charge in [-0.2, -0.15) is 9.84 Å². The van der Waals surface area contributed by atoms with Crippen molar-refractivity contribution in [2.75, 3.05) is 24.6 Å². The summed E-state index contributed by atoms with van der Waals surface area (Å²) in [4.78, 5) is 25.1. The number of unbranched alkanes of at least 4 members (excludes halogenated alkanes) is 1. The molecule has 6 rings (SSSR count). The lowest BCUT2D eigenvalue weighted by atomic mass is 9.71. The van der Waals surface area contributed by atoms with Crippen molar-refractivity contribution in [3.8, 4) is 6.07 Å². The molecule has 2 aliphatic heterocycles. The molecule has 0 amide bonds. The van der Waals surface area contributed by atoms with Crippen LogP contribution in [0.5, 0.6) is 0 Å². The molecule has 0 saturated carbocycles. The Morgan fingerprint density at radius 3 is 2.50 bits per heavy atom. The average molecular weight is 693 g/mol. The maximum Gasteiger partial charge on any atom is 0.305 e. The predicted octanol–water partition coefficient (Wildman–Crippen LogP) is 8.94. The summed E-state index contributed by atoms with van der Waals surface area (Å²) in [6.45, 7) is 8.07. The molecule has 0 aromatic heterocycles. The molecule has 0 radical (unpaired) electrons. The van der Waals surface area contributed by atoms with Gasteiger partial charge in [0.1, 0.15) is 6.61 Å². The van der Waals surface area contributed by atoms with E-state index in [2.05, 4.69) is 109 Å². The van der Waals surface area contributed by atoms with Crippen LogP contribution in [0.15, 0.2) is 127 Å². The van der Waals surface area contributed by atoms with Crippen molar-refractivity contribution in [3.63, 3.8) is 0 Å². The highest BCUT2D eigenvalue weighted by Crippen LogP contribution is 2.53. The number of carboxylic acids is 1. The molecular formula is C45H46N3O4+. The van der Waals surface area contributed by atoms with Crippen LogP contribution < -0.4 is 4.90 Å². The van der Waals surface area contributed by atoms with Crippen LogP contribution in [0.3, 0.4) is 0 Å². The number of hydrogen-bond donors (Lipinski definition) is 1. The molecule has 1 unspecified atom stereocenters. The Hall–Kier alpha value is -5.74. The first-order chi connectivity index (χ1) is 25.2. The Morgan fingerprint density at radius 1 is 1.00 bits per heavy atom. The number of carbonyl (C=O) groups is 2. The lowest BCUT2D eigenvalue weighted by Crippen LogP contribution is -2.34. The summed E-state index contributed by atoms with van der Waals surface area (Å²) in [5.74, 6) is -0.852. The van der Waals surface area contributed by atoms with E-state index in [1.54, 1.807) is 0 Å². The van der Waals surface area contributed by atoms with Crippen molar-refractivity contribution in [2.45, 2.75) is 63.7 Å². The minimum absolute atomic E-state index is 0.0120. The molecular weight excluding hydrogens is 647 g/mol. The summed E-state index contributed by atoms with van der Waals surface area (Å²) in [5.41, 5.74) is 7.33. The first-order valence-corrected chi connectivity index (χ1v) is 18.1. The summed E-state index contributed by atoms with van der Waals surface area (Å²) in [5, 5.41) is 22.6. The first kappa shape index (κ1) is 36.1. The van der Waals surface area contributed by atoms with E-state index < -0.39 is 16.8 Å². The number of rotatable bonds is 15. The van der Waals surface area contributed by atoms with Crippen LogP contribution >= 0.6 is 0 Å². The van der Waals surface area contributed by atoms with E-state index in [4.69, 9.17) is 4.74 Å². The zero-order chi connectivity index (χ0) is 36.7. The number of aliphatic carboxylic acids is 1. The maximum atomic E-state index is 11.9. The van der Waals surface area contributed by atoms with E-state index in [-0.39, 0.29) is 13.0 Å². The molecule has 2 aliphatic rings. The number of fused-ring (bicyclic) bond motifs is 4. The van der Waals surface area contributed by atoms with Crippen molar-refractivity contribution in [1.29, 1.82) is 5.26 Å².